The van der Waals surface area contributed by atoms with Gasteiger partial charge in [-0.2, -0.15) is 0 Å². The minimum atomic E-state index is -0.285. The molecule has 17 heavy (non-hydrogen) atoms. The number of ether oxygens (including phenoxy) is 1. The van der Waals surface area contributed by atoms with Gasteiger partial charge in [0.15, 0.2) is 0 Å². The molecule has 1 aromatic rings. The van der Waals surface area contributed by atoms with Gasteiger partial charge in [-0.3, -0.25) is 0 Å². The summed E-state index contributed by atoms with van der Waals surface area (Å²) < 4.78 is 4.62. The summed E-state index contributed by atoms with van der Waals surface area (Å²) in [6.45, 7) is 4.00. The Labute approximate surface area is 116 Å². The lowest BCUT2D eigenvalue weighted by atomic mass is 10.2. The van der Waals surface area contributed by atoms with E-state index in [4.69, 9.17) is 0 Å². The molecule has 0 fully saturated rings. The predicted molar refractivity (Wildman–Crippen MR) is 78.3 cm³/mol. The van der Waals surface area contributed by atoms with Crippen LogP contribution in [0.1, 0.15) is 30.6 Å². The van der Waals surface area contributed by atoms with E-state index >= 15 is 0 Å². The quantitative estimate of drug-likeness (QED) is 0.349. The van der Waals surface area contributed by atoms with Gasteiger partial charge in [-0.05, 0) is 36.4 Å². The van der Waals surface area contributed by atoms with Crippen molar-refractivity contribution in [3.05, 3.63) is 29.8 Å². The second-order valence-corrected chi connectivity index (χ2v) is 4.87. The number of hydrogen-bond acceptors (Lipinski definition) is 3. The summed E-state index contributed by atoms with van der Waals surface area (Å²) in [6, 6.07) is 7.49. The topological polar surface area (TPSA) is 26.3 Å². The van der Waals surface area contributed by atoms with Crippen LogP contribution in [-0.4, -0.2) is 24.2 Å². The first-order chi connectivity index (χ1) is 8.27. The van der Waals surface area contributed by atoms with E-state index in [1.165, 1.54) is 12.0 Å². The first-order valence-electron chi connectivity index (χ1n) is 5.65. The van der Waals surface area contributed by atoms with Gasteiger partial charge in [-0.15, -0.1) is 11.8 Å². The van der Waals surface area contributed by atoms with Crippen LogP contribution in [0, 0.1) is 0 Å². The molecule has 1 aromatic carbocycles. The highest BCUT2D eigenvalue weighted by Gasteiger charge is 2.03. The minimum Gasteiger partial charge on any atom is -0.465 e. The smallest absolute Gasteiger partial charge is 0.337 e. The van der Waals surface area contributed by atoms with Gasteiger partial charge in [0.05, 0.1) is 12.7 Å². The van der Waals surface area contributed by atoms with E-state index in [0.717, 1.165) is 17.5 Å². The molecule has 0 atom stereocenters. The Balaban J connectivity index is 0.00000121. The maximum absolute atomic E-state index is 11.1. The van der Waals surface area contributed by atoms with Gasteiger partial charge in [0.2, 0.25) is 0 Å². The third-order valence-corrected chi connectivity index (χ3v) is 3.48. The lowest BCUT2D eigenvalue weighted by molar-refractivity contribution is 0.0600. The Morgan fingerprint density at radius 2 is 1.88 bits per heavy atom. The van der Waals surface area contributed by atoms with Crippen molar-refractivity contribution >= 4 is 33.7 Å². The van der Waals surface area contributed by atoms with Gasteiger partial charge < -0.3 is 4.74 Å². The van der Waals surface area contributed by atoms with Gasteiger partial charge in [0.1, 0.15) is 0 Å². The summed E-state index contributed by atoms with van der Waals surface area (Å²) in [7, 11) is 1.39. The van der Waals surface area contributed by atoms with Crippen LogP contribution < -0.4 is 0 Å². The van der Waals surface area contributed by atoms with Crippen molar-refractivity contribution in [2.24, 2.45) is 0 Å². The first kappa shape index (κ1) is 16.5. The Morgan fingerprint density at radius 3 is 2.35 bits per heavy atom. The highest BCUT2D eigenvalue weighted by Crippen LogP contribution is 2.19. The summed E-state index contributed by atoms with van der Waals surface area (Å²) in [4.78, 5) is 12.3. The van der Waals surface area contributed by atoms with Crippen molar-refractivity contribution < 1.29 is 9.53 Å². The molecule has 0 saturated heterocycles. The molecule has 0 bridgehead atoms. The summed E-state index contributed by atoms with van der Waals surface area (Å²) in [5, 5.41) is 1.03. The predicted octanol–water partition coefficient (Wildman–Crippen LogP) is 4.38. The van der Waals surface area contributed by atoms with E-state index in [-0.39, 0.29) is 5.97 Å². The number of hydrogen-bond donors (Lipinski definition) is 0. The number of methoxy groups -OCH3 is 1. The molecule has 4 heteroatoms. The molecular formula is C13H19BrO2S. The Bertz CT molecular complexity index is 312. The Morgan fingerprint density at radius 1 is 1.29 bits per heavy atom. The average molecular weight is 319 g/mol. The fraction of sp³-hybridized carbons (Fsp3) is 0.462. The molecule has 0 spiro atoms. The maximum atomic E-state index is 11.1. The molecule has 0 aliphatic carbocycles. The number of benzene rings is 1. The van der Waals surface area contributed by atoms with Crippen molar-refractivity contribution in [1.82, 2.24) is 0 Å². The average Bonchev–Trinajstić information content (AvgIpc) is 2.41. The molecule has 0 aromatic heterocycles. The molecule has 96 valence electrons. The van der Waals surface area contributed by atoms with E-state index in [1.54, 1.807) is 23.9 Å². The van der Waals surface area contributed by atoms with E-state index in [0.29, 0.717) is 5.56 Å². The van der Waals surface area contributed by atoms with Gasteiger partial charge in [0.25, 0.3) is 0 Å². The summed E-state index contributed by atoms with van der Waals surface area (Å²) in [6.07, 6.45) is 1.14. The van der Waals surface area contributed by atoms with Crippen LogP contribution in [0.25, 0.3) is 0 Å². The summed E-state index contributed by atoms with van der Waals surface area (Å²) in [5.41, 5.74) is 0.599. The standard InChI is InChI=1S/C11H13BrO2S.C2H6/c1-14-11(13)9-3-5-10(6-4-9)15-8-2-7-12;1-2/h3-6H,2,7-8H2,1H3;1-2H3. The third-order valence-electron chi connectivity index (χ3n) is 1.82. The highest BCUT2D eigenvalue weighted by molar-refractivity contribution is 9.09. The number of thioether (sulfide) groups is 1. The van der Waals surface area contributed by atoms with Crippen LogP contribution in [0.3, 0.4) is 0 Å². The number of carbonyl (C=O) groups excluding carboxylic acids is 1. The molecule has 0 N–H and O–H groups in total. The van der Waals surface area contributed by atoms with Gasteiger partial charge in [-0.25, -0.2) is 4.79 Å². The van der Waals surface area contributed by atoms with Crippen LogP contribution in [-0.2, 0) is 4.74 Å². The summed E-state index contributed by atoms with van der Waals surface area (Å²) in [5.74, 6) is 0.801. The number of halogens is 1. The number of carbonyl (C=O) groups is 1. The SMILES string of the molecule is CC.COC(=O)c1ccc(SCCCBr)cc1. The number of esters is 1. The molecule has 0 unspecified atom stereocenters. The lowest BCUT2D eigenvalue weighted by Gasteiger charge is -2.02. The molecule has 0 heterocycles. The normalized spacial score (nSPS) is 9.18. The molecular weight excluding hydrogens is 300 g/mol. The van der Waals surface area contributed by atoms with Crippen molar-refractivity contribution in [2.75, 3.05) is 18.2 Å². The number of alkyl halides is 1. The molecule has 2 nitrogen and oxygen atoms in total. The van der Waals surface area contributed by atoms with Crippen molar-refractivity contribution in [1.29, 1.82) is 0 Å². The zero-order valence-electron chi connectivity index (χ0n) is 10.5. The molecule has 0 amide bonds. The molecule has 0 saturated carbocycles. The summed E-state index contributed by atoms with van der Waals surface area (Å²) >= 11 is 5.18. The van der Waals surface area contributed by atoms with Gasteiger partial charge >= 0.3 is 5.97 Å². The minimum absolute atomic E-state index is 0.285. The zero-order valence-corrected chi connectivity index (χ0v) is 12.9. The fourth-order valence-corrected chi connectivity index (χ4v) is 2.55. The van der Waals surface area contributed by atoms with E-state index in [1.807, 2.05) is 26.0 Å². The molecule has 1 rings (SSSR count). The first-order valence-corrected chi connectivity index (χ1v) is 7.75. The van der Waals surface area contributed by atoms with E-state index in [9.17, 15) is 4.79 Å². The second kappa shape index (κ2) is 10.7. The largest absolute Gasteiger partial charge is 0.465 e. The molecule has 0 aliphatic rings. The van der Waals surface area contributed by atoms with Crippen molar-refractivity contribution in [3.63, 3.8) is 0 Å². The highest BCUT2D eigenvalue weighted by atomic mass is 79.9. The second-order valence-electron chi connectivity index (χ2n) is 2.91. The lowest BCUT2D eigenvalue weighted by Crippen LogP contribution is -2.00. The number of rotatable bonds is 5. The maximum Gasteiger partial charge on any atom is 0.337 e. The van der Waals surface area contributed by atoms with Crippen LogP contribution in [0.15, 0.2) is 29.2 Å². The van der Waals surface area contributed by atoms with Crippen molar-refractivity contribution in [3.8, 4) is 0 Å². The van der Waals surface area contributed by atoms with Gasteiger partial charge in [0, 0.05) is 10.2 Å². The fourth-order valence-electron chi connectivity index (χ4n) is 1.05. The van der Waals surface area contributed by atoms with E-state index < -0.39 is 0 Å². The van der Waals surface area contributed by atoms with Crippen LogP contribution >= 0.6 is 27.7 Å². The molecule has 0 radical (unpaired) electrons. The van der Waals surface area contributed by atoms with Crippen LogP contribution in [0.2, 0.25) is 0 Å². The Hall–Kier alpha value is -0.480. The Kier molecular flexibility index (Phi) is 10.4. The van der Waals surface area contributed by atoms with Crippen molar-refractivity contribution in [2.45, 2.75) is 25.2 Å². The molecule has 0 aliphatic heterocycles. The zero-order chi connectivity index (χ0) is 13.1. The monoisotopic (exact) mass is 318 g/mol. The van der Waals surface area contributed by atoms with Crippen LogP contribution in [0.4, 0.5) is 0 Å². The van der Waals surface area contributed by atoms with Gasteiger partial charge in [-0.1, -0.05) is 29.8 Å². The third kappa shape index (κ3) is 6.74. The van der Waals surface area contributed by atoms with E-state index in [2.05, 4.69) is 20.7 Å². The van der Waals surface area contributed by atoms with Crippen LogP contribution in [0.5, 0.6) is 0 Å².